The molecule has 0 aliphatic heterocycles. The summed E-state index contributed by atoms with van der Waals surface area (Å²) in [5, 5.41) is 9.03. The second-order valence-electron chi connectivity index (χ2n) is 16.8. The minimum absolute atomic E-state index is 0.860. The number of nitrogens with zero attached hydrogens (tertiary/aromatic N) is 2. The van der Waals surface area contributed by atoms with Crippen LogP contribution in [0.25, 0.3) is 87.7 Å². The maximum Gasteiger partial charge on any atom is 0.159 e. The topological polar surface area (TPSA) is 32.8 Å². The van der Waals surface area contributed by atoms with Crippen LogP contribution in [0, 0.1) is 0 Å². The first kappa shape index (κ1) is 37.7. The van der Waals surface area contributed by atoms with Gasteiger partial charge in [-0.25, -0.2) is 0 Å². The summed E-state index contributed by atoms with van der Waals surface area (Å²) in [6.45, 7) is 0. The maximum absolute atomic E-state index is 6.99. The molecule has 0 aliphatic rings. The Bertz CT molecular complexity index is 3930. The highest BCUT2D eigenvalue weighted by Gasteiger charge is 2.22. The van der Waals surface area contributed by atoms with E-state index >= 15 is 0 Å². The highest BCUT2D eigenvalue weighted by molar-refractivity contribution is 6.30. The standard InChI is InChI=1S/C62H40N2O2/c1-4-17-42(18-5-1)48-23-12-14-28-56(48)64(45-21-8-3-9-22-45)47-36-38-53-55(40-47)49-24-10-11-26-51(49)60-54-37-33-43(39-59(54)66-62(53)60)41-31-34-46(35-32-41)63(44-19-6-2-7-20-44)57-29-16-27-52-50-25-13-15-30-58(50)65-61(52)57/h1-40H. The van der Waals surface area contributed by atoms with Gasteiger partial charge in [-0.15, -0.1) is 0 Å². The zero-order valence-electron chi connectivity index (χ0n) is 35.8. The largest absolute Gasteiger partial charge is 0.455 e. The molecule has 0 radical (unpaired) electrons. The molecule has 0 aliphatic carbocycles. The Kier molecular flexibility index (Phi) is 8.81. The first-order valence-electron chi connectivity index (χ1n) is 22.4. The molecular weight excluding hydrogens is 805 g/mol. The SMILES string of the molecule is c1ccc(-c2ccccc2N(c2ccccc2)c2ccc3c(c2)c2ccccc2c2c4ccc(-c5ccc(N(c6ccccc6)c6cccc7c6oc6ccccc67)cc5)cc4oc32)cc1. The zero-order valence-corrected chi connectivity index (χ0v) is 35.8. The molecule has 0 saturated heterocycles. The van der Waals surface area contributed by atoms with Crippen LogP contribution >= 0.6 is 0 Å². The van der Waals surface area contributed by atoms with Crippen molar-refractivity contribution in [1.82, 2.24) is 0 Å². The Labute approximate surface area is 381 Å². The minimum atomic E-state index is 0.860. The lowest BCUT2D eigenvalue weighted by molar-refractivity contribution is 0.669. The number of rotatable bonds is 8. The van der Waals surface area contributed by atoms with E-state index in [1.54, 1.807) is 0 Å². The van der Waals surface area contributed by atoms with Crippen molar-refractivity contribution in [2.45, 2.75) is 0 Å². The van der Waals surface area contributed by atoms with Crippen molar-refractivity contribution < 1.29 is 8.83 Å². The fourth-order valence-electron chi connectivity index (χ4n) is 10.0. The van der Waals surface area contributed by atoms with Crippen molar-refractivity contribution in [3.63, 3.8) is 0 Å². The number of fused-ring (bicyclic) bond motifs is 11. The molecule has 0 spiro atoms. The third kappa shape index (κ3) is 6.15. The second-order valence-corrected chi connectivity index (χ2v) is 16.8. The van der Waals surface area contributed by atoms with E-state index < -0.39 is 0 Å². The van der Waals surface area contributed by atoms with E-state index in [1.165, 1.54) is 21.9 Å². The van der Waals surface area contributed by atoms with E-state index in [2.05, 4.69) is 240 Å². The summed E-state index contributed by atoms with van der Waals surface area (Å²) in [6, 6.07) is 86.1. The van der Waals surface area contributed by atoms with Crippen LogP contribution in [0.15, 0.2) is 251 Å². The van der Waals surface area contributed by atoms with Gasteiger partial charge in [0.1, 0.15) is 16.7 Å². The van der Waals surface area contributed by atoms with Gasteiger partial charge < -0.3 is 18.6 Å². The molecule has 13 rings (SSSR count). The lowest BCUT2D eigenvalue weighted by Gasteiger charge is -2.28. The van der Waals surface area contributed by atoms with E-state index in [0.717, 1.165) is 99.9 Å². The van der Waals surface area contributed by atoms with Crippen LogP contribution in [0.5, 0.6) is 0 Å². The van der Waals surface area contributed by atoms with Crippen LogP contribution in [0.4, 0.5) is 34.1 Å². The molecule has 2 aromatic heterocycles. The third-order valence-corrected chi connectivity index (χ3v) is 13.0. The molecule has 2 heterocycles. The Morgan fingerprint density at radius 1 is 0.258 bits per heavy atom. The molecule has 13 aromatic rings. The zero-order chi connectivity index (χ0) is 43.6. The predicted octanol–water partition coefficient (Wildman–Crippen LogP) is 18.1. The fraction of sp³-hybridized carbons (Fsp3) is 0. The third-order valence-electron chi connectivity index (χ3n) is 13.0. The van der Waals surface area contributed by atoms with Crippen LogP contribution in [0.2, 0.25) is 0 Å². The van der Waals surface area contributed by atoms with Crippen molar-refractivity contribution in [3.05, 3.63) is 243 Å². The van der Waals surface area contributed by atoms with Crippen molar-refractivity contribution in [2.75, 3.05) is 9.80 Å². The summed E-state index contributed by atoms with van der Waals surface area (Å²) in [4.78, 5) is 4.65. The lowest BCUT2D eigenvalue weighted by Crippen LogP contribution is -2.11. The fourth-order valence-corrected chi connectivity index (χ4v) is 10.0. The molecule has 0 atom stereocenters. The number of furan rings is 2. The van der Waals surface area contributed by atoms with Crippen LogP contribution in [-0.2, 0) is 0 Å². The number of hydrogen-bond acceptors (Lipinski definition) is 4. The van der Waals surface area contributed by atoms with Gasteiger partial charge in [-0.3, -0.25) is 0 Å². The Hall–Kier alpha value is -8.86. The lowest BCUT2D eigenvalue weighted by atomic mass is 9.95. The van der Waals surface area contributed by atoms with E-state index in [-0.39, 0.29) is 0 Å². The van der Waals surface area contributed by atoms with Crippen molar-refractivity contribution in [3.8, 4) is 22.3 Å². The van der Waals surface area contributed by atoms with Crippen molar-refractivity contribution >= 4 is 99.5 Å². The van der Waals surface area contributed by atoms with Gasteiger partial charge in [0.25, 0.3) is 0 Å². The molecule has 11 aromatic carbocycles. The van der Waals surface area contributed by atoms with Gasteiger partial charge in [0.2, 0.25) is 0 Å². The summed E-state index contributed by atoms with van der Waals surface area (Å²) in [5.74, 6) is 0. The van der Waals surface area contributed by atoms with Crippen LogP contribution < -0.4 is 9.80 Å². The molecule has 0 N–H and O–H groups in total. The molecule has 66 heavy (non-hydrogen) atoms. The van der Waals surface area contributed by atoms with E-state index in [0.29, 0.717) is 0 Å². The molecule has 0 saturated carbocycles. The van der Waals surface area contributed by atoms with E-state index in [4.69, 9.17) is 8.83 Å². The summed E-state index contributed by atoms with van der Waals surface area (Å²) in [6.07, 6.45) is 0. The van der Waals surface area contributed by atoms with Gasteiger partial charge in [-0.1, -0.05) is 158 Å². The number of anilines is 6. The molecule has 0 fully saturated rings. The second kappa shape index (κ2) is 15.4. The molecule has 4 nitrogen and oxygen atoms in total. The first-order chi connectivity index (χ1) is 32.7. The summed E-state index contributed by atoms with van der Waals surface area (Å²) in [7, 11) is 0. The quantitative estimate of drug-likeness (QED) is 0.143. The molecule has 4 heteroatoms. The number of para-hydroxylation sites is 5. The summed E-state index contributed by atoms with van der Waals surface area (Å²) in [5.41, 5.74) is 14.4. The average molecular weight is 845 g/mol. The number of hydrogen-bond donors (Lipinski definition) is 0. The highest BCUT2D eigenvalue weighted by Crippen LogP contribution is 2.47. The first-order valence-corrected chi connectivity index (χ1v) is 22.4. The van der Waals surface area contributed by atoms with Gasteiger partial charge in [0.15, 0.2) is 5.58 Å². The van der Waals surface area contributed by atoms with E-state index in [1.807, 2.05) is 12.1 Å². The van der Waals surface area contributed by atoms with Gasteiger partial charge in [-0.05, 0) is 118 Å². The normalized spacial score (nSPS) is 11.6. The van der Waals surface area contributed by atoms with E-state index in [9.17, 15) is 0 Å². The van der Waals surface area contributed by atoms with Gasteiger partial charge in [0.05, 0.1) is 11.4 Å². The maximum atomic E-state index is 6.99. The van der Waals surface area contributed by atoms with Gasteiger partial charge in [0, 0.05) is 55.2 Å². The Morgan fingerprint density at radius 2 is 0.788 bits per heavy atom. The average Bonchev–Trinajstić information content (AvgIpc) is 3.97. The smallest absolute Gasteiger partial charge is 0.159 e. The van der Waals surface area contributed by atoms with Crippen LogP contribution in [-0.4, -0.2) is 0 Å². The van der Waals surface area contributed by atoms with Gasteiger partial charge >= 0.3 is 0 Å². The molecule has 0 amide bonds. The summed E-state index contributed by atoms with van der Waals surface area (Å²) < 4.78 is 13.5. The molecular formula is C62H40N2O2. The minimum Gasteiger partial charge on any atom is -0.455 e. The predicted molar refractivity (Wildman–Crippen MR) is 276 cm³/mol. The monoisotopic (exact) mass is 844 g/mol. The van der Waals surface area contributed by atoms with Crippen molar-refractivity contribution in [2.24, 2.45) is 0 Å². The molecule has 310 valence electrons. The van der Waals surface area contributed by atoms with Crippen LogP contribution in [0.3, 0.4) is 0 Å². The van der Waals surface area contributed by atoms with Crippen LogP contribution in [0.1, 0.15) is 0 Å². The van der Waals surface area contributed by atoms with Crippen molar-refractivity contribution in [1.29, 1.82) is 0 Å². The Balaban J connectivity index is 0.924. The highest BCUT2D eigenvalue weighted by atomic mass is 16.3. The molecule has 0 unspecified atom stereocenters. The Morgan fingerprint density at radius 3 is 1.56 bits per heavy atom. The van der Waals surface area contributed by atoms with Gasteiger partial charge in [-0.2, -0.15) is 0 Å². The number of benzene rings is 11. The molecule has 0 bridgehead atoms. The summed E-state index contributed by atoms with van der Waals surface area (Å²) >= 11 is 0.